The van der Waals surface area contributed by atoms with Crippen LogP contribution in [0.2, 0.25) is 5.02 Å². The van der Waals surface area contributed by atoms with Crippen molar-refractivity contribution in [2.24, 2.45) is 0 Å². The largest absolute Gasteiger partial charge is 0.399 e. The fraction of sp³-hybridized carbons (Fsp3) is 0.262. The van der Waals surface area contributed by atoms with Crippen molar-refractivity contribution in [3.8, 4) is 11.4 Å². The van der Waals surface area contributed by atoms with Gasteiger partial charge in [0, 0.05) is 43.6 Å². The molecule has 0 atom stereocenters. The number of halogens is 1. The molecule has 0 spiro atoms. The number of nitrogen functional groups attached to an aromatic ring is 1. The number of nitrogens with zero attached hydrogens (tertiary/aromatic N) is 2. The van der Waals surface area contributed by atoms with E-state index in [0.717, 1.165) is 22.6 Å². The van der Waals surface area contributed by atoms with Gasteiger partial charge in [0.05, 0.1) is 22.1 Å². The minimum atomic E-state index is 0.0758. The Kier molecular flexibility index (Phi) is 13.5. The maximum atomic E-state index is 6.40. The third-order valence-corrected chi connectivity index (χ3v) is 13.5. The predicted molar refractivity (Wildman–Crippen MR) is 301 cm³/mol. The van der Waals surface area contributed by atoms with Gasteiger partial charge in [0.25, 0.3) is 0 Å². The second kappa shape index (κ2) is 19.1. The zero-order valence-electron chi connectivity index (χ0n) is 42.9. The highest BCUT2D eigenvalue weighted by atomic mass is 35.5. The van der Waals surface area contributed by atoms with Gasteiger partial charge in [0.1, 0.15) is 0 Å². The minimum absolute atomic E-state index is 0.0758. The summed E-state index contributed by atoms with van der Waals surface area (Å²) in [6, 6.07) is 65.1. The molecule has 69 heavy (non-hydrogen) atoms. The first kappa shape index (κ1) is 48.9. The normalized spacial score (nSPS) is 12.2. The van der Waals surface area contributed by atoms with Gasteiger partial charge >= 0.3 is 0 Å². The van der Waals surface area contributed by atoms with Gasteiger partial charge in [-0.2, -0.15) is 0 Å². The number of aromatic nitrogens is 2. The Morgan fingerprint density at radius 2 is 0.710 bits per heavy atom. The van der Waals surface area contributed by atoms with E-state index in [2.05, 4.69) is 238 Å². The molecule has 352 valence electrons. The summed E-state index contributed by atoms with van der Waals surface area (Å²) in [6.07, 6.45) is 0.938. The lowest BCUT2D eigenvalue weighted by molar-refractivity contribution is 0.567. The van der Waals surface area contributed by atoms with E-state index in [1.54, 1.807) is 0 Å². The summed E-state index contributed by atoms with van der Waals surface area (Å²) in [5, 5.41) is 5.87. The topological polar surface area (TPSA) is 35.9 Å². The number of hydrogen-bond donors (Lipinski definition) is 1. The summed E-state index contributed by atoms with van der Waals surface area (Å²) >= 11 is 6.40. The molecule has 10 rings (SSSR count). The average molecular weight is 929 g/mol. The van der Waals surface area contributed by atoms with E-state index in [0.29, 0.717) is 0 Å². The highest BCUT2D eigenvalue weighted by Gasteiger charge is 2.24. The van der Waals surface area contributed by atoms with Crippen LogP contribution in [-0.2, 0) is 28.1 Å². The van der Waals surface area contributed by atoms with Crippen LogP contribution in [0, 0.1) is 0 Å². The Labute approximate surface area is 416 Å². The summed E-state index contributed by atoms with van der Waals surface area (Å²) in [5.41, 5.74) is 22.0. The molecule has 8 aromatic carbocycles. The van der Waals surface area contributed by atoms with Crippen LogP contribution < -0.4 is 5.73 Å². The standard InChI is InChI=1S/C33H35N.C26H28ClN.C6H7N/c1-32(2,3)25-20-26(33(4,5)6)22-27(21-25)34-30-15-11-10-14-28(30)29-17-16-24(19-31(29)34)18-23-12-8-7-9-13-23;1-25(2,3)17-13-18(26(4,5)6)15-20(14-17)28-23-10-8-7-9-21(23)22-12-11-19(27)16-24(22)28;7-6-4-2-1-3-5-6/h7-17,19-22H,18H2,1-6H3;7-16H,1-6H3;1-5H,7H2. The third kappa shape index (κ3) is 10.9. The molecule has 0 radical (unpaired) electrons. The van der Waals surface area contributed by atoms with Crippen LogP contribution in [0.3, 0.4) is 0 Å². The molecule has 0 aliphatic rings. The molecule has 4 heteroatoms. The van der Waals surface area contributed by atoms with Gasteiger partial charge in [-0.3, -0.25) is 0 Å². The Morgan fingerprint density at radius 3 is 1.12 bits per heavy atom. The van der Waals surface area contributed by atoms with E-state index in [9.17, 15) is 0 Å². The van der Waals surface area contributed by atoms with Crippen LogP contribution in [0.25, 0.3) is 55.0 Å². The van der Waals surface area contributed by atoms with Crippen molar-refractivity contribution >= 4 is 60.9 Å². The maximum Gasteiger partial charge on any atom is 0.0555 e. The van der Waals surface area contributed by atoms with Crippen LogP contribution in [0.1, 0.15) is 116 Å². The van der Waals surface area contributed by atoms with E-state index in [-0.39, 0.29) is 21.7 Å². The molecule has 2 N–H and O–H groups in total. The second-order valence-electron chi connectivity index (χ2n) is 22.8. The fourth-order valence-electron chi connectivity index (χ4n) is 9.12. The molecule has 0 aliphatic heterocycles. The number of benzene rings is 8. The van der Waals surface area contributed by atoms with E-state index >= 15 is 0 Å². The number of rotatable bonds is 4. The number of fused-ring (bicyclic) bond motifs is 6. The van der Waals surface area contributed by atoms with Gasteiger partial charge in [0.15, 0.2) is 0 Å². The maximum absolute atomic E-state index is 6.40. The van der Waals surface area contributed by atoms with Crippen LogP contribution in [0.15, 0.2) is 182 Å². The predicted octanol–water partition coefficient (Wildman–Crippen LogP) is 18.3. The molecule has 3 nitrogen and oxygen atoms in total. The molecule has 0 amide bonds. The highest BCUT2D eigenvalue weighted by molar-refractivity contribution is 6.31. The van der Waals surface area contributed by atoms with Gasteiger partial charge in [0.2, 0.25) is 0 Å². The first-order valence-electron chi connectivity index (χ1n) is 24.4. The monoisotopic (exact) mass is 928 g/mol. The summed E-state index contributed by atoms with van der Waals surface area (Å²) in [7, 11) is 0. The van der Waals surface area contributed by atoms with Gasteiger partial charge in [-0.25, -0.2) is 0 Å². The molecule has 10 aromatic rings. The summed E-state index contributed by atoms with van der Waals surface area (Å²) < 4.78 is 4.84. The molecule has 2 aromatic heterocycles. The summed E-state index contributed by atoms with van der Waals surface area (Å²) in [4.78, 5) is 0. The molecule has 2 heterocycles. The Morgan fingerprint density at radius 1 is 0.348 bits per heavy atom. The zero-order valence-corrected chi connectivity index (χ0v) is 43.6. The number of hydrogen-bond acceptors (Lipinski definition) is 1. The fourth-order valence-corrected chi connectivity index (χ4v) is 9.29. The molecule has 0 fully saturated rings. The zero-order chi connectivity index (χ0) is 49.5. The lowest BCUT2D eigenvalue weighted by Gasteiger charge is -2.26. The summed E-state index contributed by atoms with van der Waals surface area (Å²) in [6.45, 7) is 27.5. The van der Waals surface area contributed by atoms with E-state index in [4.69, 9.17) is 17.3 Å². The highest BCUT2D eigenvalue weighted by Crippen LogP contribution is 2.39. The molecular formula is C65H70ClN3. The lowest BCUT2D eigenvalue weighted by Crippen LogP contribution is -2.17. The van der Waals surface area contributed by atoms with Gasteiger partial charge in [-0.15, -0.1) is 0 Å². The van der Waals surface area contributed by atoms with Crippen molar-refractivity contribution in [1.82, 2.24) is 9.13 Å². The first-order valence-corrected chi connectivity index (χ1v) is 24.8. The molecule has 0 bridgehead atoms. The van der Waals surface area contributed by atoms with Crippen molar-refractivity contribution in [3.63, 3.8) is 0 Å². The molecule has 0 saturated carbocycles. The smallest absolute Gasteiger partial charge is 0.0555 e. The quantitative estimate of drug-likeness (QED) is 0.175. The number of nitrogens with two attached hydrogens (primary N) is 1. The minimum Gasteiger partial charge on any atom is -0.399 e. The lowest BCUT2D eigenvalue weighted by atomic mass is 9.80. The molecular weight excluding hydrogens is 858 g/mol. The number of anilines is 1. The van der Waals surface area contributed by atoms with Crippen molar-refractivity contribution in [3.05, 3.63) is 220 Å². The average Bonchev–Trinajstić information content (AvgIpc) is 3.80. The first-order chi connectivity index (χ1) is 32.6. The number of para-hydroxylation sites is 3. The molecule has 0 aliphatic carbocycles. The van der Waals surface area contributed by atoms with Gasteiger partial charge in [-0.05, 0) is 128 Å². The van der Waals surface area contributed by atoms with Gasteiger partial charge in [-0.1, -0.05) is 210 Å². The third-order valence-electron chi connectivity index (χ3n) is 13.2. The van der Waals surface area contributed by atoms with Crippen molar-refractivity contribution in [1.29, 1.82) is 0 Å². The van der Waals surface area contributed by atoms with E-state index in [1.165, 1.54) is 82.9 Å². The van der Waals surface area contributed by atoms with E-state index in [1.807, 2.05) is 36.4 Å². The Hall–Kier alpha value is -6.55. The Balaban J connectivity index is 0.000000165. The SMILES string of the molecule is CC(C)(C)c1cc(-n2c3ccccc3c3ccc(Cc4ccccc4)cc32)cc(C(C)(C)C)c1.CC(C)(C)c1cc(-n2c3ccccc3c3ccc(Cl)cc32)cc(C(C)(C)C)c1.Nc1ccccc1. The molecule has 0 saturated heterocycles. The van der Waals surface area contributed by atoms with Crippen molar-refractivity contribution in [2.45, 2.75) is 111 Å². The van der Waals surface area contributed by atoms with Crippen LogP contribution in [0.4, 0.5) is 5.69 Å². The Bertz CT molecular complexity index is 3330. The van der Waals surface area contributed by atoms with Crippen LogP contribution >= 0.6 is 11.6 Å². The van der Waals surface area contributed by atoms with Gasteiger partial charge < -0.3 is 14.9 Å². The van der Waals surface area contributed by atoms with E-state index < -0.39 is 0 Å². The van der Waals surface area contributed by atoms with Crippen molar-refractivity contribution in [2.75, 3.05) is 5.73 Å². The molecule has 0 unspecified atom stereocenters. The summed E-state index contributed by atoms with van der Waals surface area (Å²) in [5.74, 6) is 0. The van der Waals surface area contributed by atoms with Crippen molar-refractivity contribution < 1.29 is 0 Å². The second-order valence-corrected chi connectivity index (χ2v) is 23.3. The van der Waals surface area contributed by atoms with Crippen LogP contribution in [0.5, 0.6) is 0 Å². The van der Waals surface area contributed by atoms with Crippen LogP contribution in [-0.4, -0.2) is 9.13 Å².